The standard InChI is InChI=1S/2C45H28N4O.C39H24N4O/c1-3-12-29(13-4-1)30-14-11-15-31(26-30)43-46-44(48-45(47-43)33-22-24-37-36-19-8-10-21-41(36)50-42(37)28-33)32-23-25-40-38(27-32)35-18-7-9-20-39(35)49(40)34-16-5-2-6-17-34;1-3-12-29(13-4-1)30-14-11-15-31(26-30)43-46-44(48-45(47-43)33-23-25-38-37-19-8-10-21-41(37)50-42(38)28-33)32-22-24-36-35-18-7-9-20-39(35)49(40(36)27-32)34-16-5-2-6-17-34;1-3-11-25(12-4-1)37-40-38(42-39(41-37)27-20-22-32-31-16-8-10-18-35(31)44-36(32)24-27)26-19-21-30-29-15-7-9-17-33(29)43(34(30)23-26)28-13-5-2-6-14-28/h2*1-28H;1-24H. The van der Waals surface area contributed by atoms with Crippen LogP contribution in [0.25, 0.3) is 273 Å². The van der Waals surface area contributed by atoms with Crippen molar-refractivity contribution in [3.63, 3.8) is 0 Å². The molecule has 29 rings (SSSR count). The van der Waals surface area contributed by atoms with Gasteiger partial charge in [-0.3, -0.25) is 0 Å². The molecule has 0 aliphatic rings. The van der Waals surface area contributed by atoms with Crippen LogP contribution in [0.4, 0.5) is 0 Å². The van der Waals surface area contributed by atoms with Crippen molar-refractivity contribution in [1.29, 1.82) is 0 Å². The molecule has 674 valence electrons. The van der Waals surface area contributed by atoms with Gasteiger partial charge in [-0.05, 0) is 174 Å². The highest BCUT2D eigenvalue weighted by molar-refractivity contribution is 6.14. The molecule has 144 heavy (non-hydrogen) atoms. The molecule has 0 unspecified atom stereocenters. The highest BCUT2D eigenvalue weighted by Crippen LogP contribution is 2.44. The van der Waals surface area contributed by atoms with Crippen molar-refractivity contribution in [3.05, 3.63) is 485 Å². The molecule has 20 aromatic carbocycles. The summed E-state index contributed by atoms with van der Waals surface area (Å²) in [6, 6.07) is 167. The number of para-hydroxylation sites is 9. The SMILES string of the molecule is c1ccc(-c2cccc(-c3nc(-c4ccc5c(c4)oc4ccccc45)nc(-c4ccc5c(c4)c4ccccc4n5-c4ccccc4)n3)c2)cc1.c1ccc(-c2cccc(-c3nc(-c4ccc5c(c4)oc4ccccc45)nc(-c4ccc5c6ccccc6n(-c6ccccc6)c5c4)n3)c2)cc1.c1ccc(-c2nc(-c3ccc4c(c3)oc3ccccc34)nc(-c3ccc4c5ccccc5n(-c5ccccc5)c4c3)n2)cc1. The zero-order valence-electron chi connectivity index (χ0n) is 77.3. The predicted molar refractivity (Wildman–Crippen MR) is 584 cm³/mol. The minimum absolute atomic E-state index is 0.584. The van der Waals surface area contributed by atoms with Gasteiger partial charge in [0.05, 0.1) is 33.1 Å². The summed E-state index contributed by atoms with van der Waals surface area (Å²) in [5.41, 5.74) is 27.7. The molecule has 0 radical (unpaired) electrons. The van der Waals surface area contributed by atoms with Crippen LogP contribution in [0.15, 0.2) is 499 Å². The van der Waals surface area contributed by atoms with Crippen LogP contribution in [0, 0.1) is 0 Å². The first-order valence-electron chi connectivity index (χ1n) is 48.0. The lowest BCUT2D eigenvalue weighted by Crippen LogP contribution is -2.00. The molecule has 0 atom stereocenters. The van der Waals surface area contributed by atoms with Crippen LogP contribution in [0.1, 0.15) is 0 Å². The number of aromatic nitrogens is 12. The van der Waals surface area contributed by atoms with Gasteiger partial charge in [0.1, 0.15) is 33.5 Å². The molecule has 0 aliphatic carbocycles. The van der Waals surface area contributed by atoms with Crippen LogP contribution in [0.5, 0.6) is 0 Å². The van der Waals surface area contributed by atoms with Crippen LogP contribution in [-0.4, -0.2) is 58.6 Å². The van der Waals surface area contributed by atoms with E-state index in [0.717, 1.165) is 194 Å². The van der Waals surface area contributed by atoms with Gasteiger partial charge in [-0.2, -0.15) is 0 Å². The van der Waals surface area contributed by atoms with Crippen molar-refractivity contribution in [1.82, 2.24) is 58.6 Å². The van der Waals surface area contributed by atoms with Gasteiger partial charge >= 0.3 is 0 Å². The summed E-state index contributed by atoms with van der Waals surface area (Å²) in [7, 11) is 0. The fourth-order valence-electron chi connectivity index (χ4n) is 20.3. The number of hydrogen-bond donors (Lipinski definition) is 0. The van der Waals surface area contributed by atoms with E-state index in [1.165, 1.54) is 26.9 Å². The fraction of sp³-hybridized carbons (Fsp3) is 0. The highest BCUT2D eigenvalue weighted by Gasteiger charge is 2.25. The van der Waals surface area contributed by atoms with E-state index in [2.05, 4.69) is 366 Å². The lowest BCUT2D eigenvalue weighted by Gasteiger charge is -2.11. The van der Waals surface area contributed by atoms with Crippen LogP contribution >= 0.6 is 0 Å². The van der Waals surface area contributed by atoms with Crippen LogP contribution in [-0.2, 0) is 0 Å². The maximum Gasteiger partial charge on any atom is 0.164 e. The van der Waals surface area contributed by atoms with Gasteiger partial charge in [0, 0.05) is 132 Å². The molecule has 0 fully saturated rings. The van der Waals surface area contributed by atoms with Gasteiger partial charge in [0.15, 0.2) is 52.4 Å². The third-order valence-electron chi connectivity index (χ3n) is 27.1. The van der Waals surface area contributed by atoms with Gasteiger partial charge in [-0.1, -0.05) is 334 Å². The third kappa shape index (κ3) is 15.2. The second-order valence-electron chi connectivity index (χ2n) is 35.9. The maximum absolute atomic E-state index is 6.27. The van der Waals surface area contributed by atoms with E-state index in [-0.39, 0.29) is 0 Å². The van der Waals surface area contributed by atoms with E-state index in [4.69, 9.17) is 58.1 Å². The third-order valence-corrected chi connectivity index (χ3v) is 27.1. The van der Waals surface area contributed by atoms with Crippen molar-refractivity contribution >= 4 is 131 Å². The van der Waals surface area contributed by atoms with Crippen molar-refractivity contribution in [2.45, 2.75) is 0 Å². The van der Waals surface area contributed by atoms with E-state index >= 15 is 0 Å². The van der Waals surface area contributed by atoms with Crippen LogP contribution in [0.3, 0.4) is 0 Å². The normalized spacial score (nSPS) is 11.6. The molecular formula is C129H80N12O3. The summed E-state index contributed by atoms with van der Waals surface area (Å²) in [5.74, 6) is 5.44. The first-order chi connectivity index (χ1) is 71.3. The van der Waals surface area contributed by atoms with Crippen molar-refractivity contribution in [3.8, 4) is 142 Å². The lowest BCUT2D eigenvalue weighted by molar-refractivity contribution is 0.668. The van der Waals surface area contributed by atoms with Crippen molar-refractivity contribution < 1.29 is 13.3 Å². The molecule has 0 aliphatic heterocycles. The molecule has 15 nitrogen and oxygen atoms in total. The first kappa shape index (κ1) is 83.6. The first-order valence-corrected chi connectivity index (χ1v) is 48.0. The Hall–Kier alpha value is -19.8. The van der Waals surface area contributed by atoms with Crippen LogP contribution < -0.4 is 0 Å². The van der Waals surface area contributed by atoms with Gasteiger partial charge in [-0.25, -0.2) is 44.9 Å². The Labute approximate surface area is 824 Å². The van der Waals surface area contributed by atoms with Gasteiger partial charge in [0.25, 0.3) is 0 Å². The average Bonchev–Trinajstić information content (AvgIpc) is 1.59. The molecule has 15 heteroatoms. The van der Waals surface area contributed by atoms with Crippen LogP contribution in [0.2, 0.25) is 0 Å². The summed E-state index contributed by atoms with van der Waals surface area (Å²) in [6.45, 7) is 0. The fourth-order valence-corrected chi connectivity index (χ4v) is 20.3. The minimum Gasteiger partial charge on any atom is -0.456 e. The number of benzene rings is 20. The summed E-state index contributed by atoms with van der Waals surface area (Å²) in [4.78, 5) is 45.7. The second kappa shape index (κ2) is 35.3. The Morgan fingerprint density at radius 1 is 0.118 bits per heavy atom. The van der Waals surface area contributed by atoms with Gasteiger partial charge in [0.2, 0.25) is 0 Å². The largest absolute Gasteiger partial charge is 0.456 e. The molecule has 0 N–H and O–H groups in total. The predicted octanol–water partition coefficient (Wildman–Crippen LogP) is 32.9. The summed E-state index contributed by atoms with van der Waals surface area (Å²) in [5, 5.41) is 13.5. The number of fused-ring (bicyclic) bond motifs is 18. The topological polar surface area (TPSA) is 170 Å². The van der Waals surface area contributed by atoms with Crippen molar-refractivity contribution in [2.24, 2.45) is 0 Å². The van der Waals surface area contributed by atoms with Crippen molar-refractivity contribution in [2.75, 3.05) is 0 Å². The number of rotatable bonds is 14. The maximum atomic E-state index is 6.27. The van der Waals surface area contributed by atoms with Gasteiger partial charge < -0.3 is 27.0 Å². The molecule has 0 saturated carbocycles. The Morgan fingerprint density at radius 2 is 0.333 bits per heavy atom. The molecule has 0 saturated heterocycles. The Morgan fingerprint density at radius 3 is 0.681 bits per heavy atom. The number of furan rings is 3. The zero-order chi connectivity index (χ0) is 95.1. The Kier molecular flexibility index (Phi) is 20.5. The van der Waals surface area contributed by atoms with E-state index in [9.17, 15) is 0 Å². The molecule has 9 heterocycles. The highest BCUT2D eigenvalue weighted by atomic mass is 16.3. The minimum atomic E-state index is 0.584. The van der Waals surface area contributed by atoms with E-state index in [1.54, 1.807) is 0 Å². The lowest BCUT2D eigenvalue weighted by atomic mass is 10.0. The number of hydrogen-bond acceptors (Lipinski definition) is 12. The summed E-state index contributed by atoms with van der Waals surface area (Å²) >= 11 is 0. The second-order valence-corrected chi connectivity index (χ2v) is 35.9. The molecule has 0 spiro atoms. The Balaban J connectivity index is 0.000000108. The molecule has 9 aromatic heterocycles. The van der Waals surface area contributed by atoms with E-state index < -0.39 is 0 Å². The van der Waals surface area contributed by atoms with E-state index in [1.807, 2.05) is 133 Å². The molecule has 0 amide bonds. The van der Waals surface area contributed by atoms with E-state index in [0.29, 0.717) is 52.4 Å². The monoisotopic (exact) mass is 1840 g/mol. The molecular weight excluding hydrogens is 1770 g/mol. The molecule has 29 aromatic rings. The summed E-state index contributed by atoms with van der Waals surface area (Å²) < 4.78 is 25.7. The quantitative estimate of drug-likeness (QED) is 0.101. The summed E-state index contributed by atoms with van der Waals surface area (Å²) in [6.07, 6.45) is 0. The molecule has 0 bridgehead atoms. The average molecular weight is 1850 g/mol. The number of nitrogens with zero attached hydrogens (tertiary/aromatic N) is 12. The van der Waals surface area contributed by atoms with Gasteiger partial charge in [-0.15, -0.1) is 0 Å². The smallest absolute Gasteiger partial charge is 0.164 e. The zero-order valence-corrected chi connectivity index (χ0v) is 77.3. The Bertz CT molecular complexity index is 10000.